The summed E-state index contributed by atoms with van der Waals surface area (Å²) >= 11 is 0. The summed E-state index contributed by atoms with van der Waals surface area (Å²) in [7, 11) is 0. The van der Waals surface area contributed by atoms with Crippen LogP contribution in [0.15, 0.2) is 22.9 Å². The van der Waals surface area contributed by atoms with E-state index in [0.717, 1.165) is 0 Å². The van der Waals surface area contributed by atoms with Gasteiger partial charge in [-0.3, -0.25) is 0 Å². The molecule has 7 heteroatoms. The molecule has 2 aromatic rings. The second-order valence-electron chi connectivity index (χ2n) is 3.34. The Morgan fingerprint density at radius 2 is 2.41 bits per heavy atom. The molecule has 2 heterocycles. The molecule has 7 nitrogen and oxygen atoms in total. The Hall–Kier alpha value is -2.62. The van der Waals surface area contributed by atoms with Crippen molar-refractivity contribution in [3.8, 4) is 6.07 Å². The molecule has 2 rings (SSSR count). The standard InChI is InChI=1S/C10H8N4O3/c1-6(14-5-12-9(4-11)13-14)7-2-3-8(17-7)10(15)16/h2-3,5-6H,1H3,(H,15,16). The molecule has 0 fully saturated rings. The van der Waals surface area contributed by atoms with Crippen molar-refractivity contribution in [1.82, 2.24) is 14.8 Å². The first-order chi connectivity index (χ1) is 8.11. The third-order valence-corrected chi connectivity index (χ3v) is 2.25. The van der Waals surface area contributed by atoms with Gasteiger partial charge in [-0.1, -0.05) is 0 Å². The molecular weight excluding hydrogens is 224 g/mol. The van der Waals surface area contributed by atoms with Gasteiger partial charge >= 0.3 is 5.97 Å². The minimum Gasteiger partial charge on any atom is -0.475 e. The Kier molecular flexibility index (Phi) is 2.62. The zero-order chi connectivity index (χ0) is 12.4. The third kappa shape index (κ3) is 2.01. The smallest absolute Gasteiger partial charge is 0.371 e. The zero-order valence-electron chi connectivity index (χ0n) is 8.86. The molecule has 17 heavy (non-hydrogen) atoms. The molecule has 0 radical (unpaired) electrons. The van der Waals surface area contributed by atoms with Crippen LogP contribution in [0.2, 0.25) is 0 Å². The average molecular weight is 232 g/mol. The molecule has 1 atom stereocenters. The molecule has 0 saturated carbocycles. The van der Waals surface area contributed by atoms with E-state index >= 15 is 0 Å². The molecule has 0 spiro atoms. The number of hydrogen-bond donors (Lipinski definition) is 1. The zero-order valence-corrected chi connectivity index (χ0v) is 8.86. The fourth-order valence-corrected chi connectivity index (χ4v) is 1.34. The van der Waals surface area contributed by atoms with Gasteiger partial charge in [0.2, 0.25) is 5.76 Å². The third-order valence-electron chi connectivity index (χ3n) is 2.25. The molecule has 86 valence electrons. The number of carbonyl (C=O) groups is 1. The summed E-state index contributed by atoms with van der Waals surface area (Å²) in [6, 6.07) is 4.42. The van der Waals surface area contributed by atoms with E-state index in [9.17, 15) is 4.79 Å². The van der Waals surface area contributed by atoms with Crippen LogP contribution in [0.25, 0.3) is 0 Å². The number of nitrogens with zero attached hydrogens (tertiary/aromatic N) is 4. The van der Waals surface area contributed by atoms with Crippen molar-refractivity contribution in [2.75, 3.05) is 0 Å². The van der Waals surface area contributed by atoms with E-state index in [1.54, 1.807) is 13.0 Å². The van der Waals surface area contributed by atoms with E-state index in [2.05, 4.69) is 10.1 Å². The van der Waals surface area contributed by atoms with Gasteiger partial charge in [0, 0.05) is 0 Å². The van der Waals surface area contributed by atoms with E-state index in [1.807, 2.05) is 6.07 Å². The number of carboxylic acid groups (broad SMARTS) is 1. The molecule has 0 aliphatic heterocycles. The first-order valence-electron chi connectivity index (χ1n) is 4.76. The molecular formula is C10H8N4O3. The van der Waals surface area contributed by atoms with Crippen molar-refractivity contribution in [3.05, 3.63) is 35.8 Å². The van der Waals surface area contributed by atoms with Crippen molar-refractivity contribution < 1.29 is 14.3 Å². The van der Waals surface area contributed by atoms with Crippen molar-refractivity contribution in [2.45, 2.75) is 13.0 Å². The highest BCUT2D eigenvalue weighted by Crippen LogP contribution is 2.19. The van der Waals surface area contributed by atoms with Crippen LogP contribution in [0.1, 0.15) is 35.1 Å². The van der Waals surface area contributed by atoms with Gasteiger partial charge in [0.1, 0.15) is 24.2 Å². The number of hydrogen-bond acceptors (Lipinski definition) is 5. The molecule has 0 aliphatic carbocycles. The van der Waals surface area contributed by atoms with Gasteiger partial charge in [-0.2, -0.15) is 5.26 Å². The minimum atomic E-state index is -1.13. The maximum Gasteiger partial charge on any atom is 0.371 e. The Morgan fingerprint density at radius 1 is 1.65 bits per heavy atom. The van der Waals surface area contributed by atoms with Gasteiger partial charge in [-0.25, -0.2) is 14.5 Å². The predicted molar refractivity (Wildman–Crippen MR) is 54.2 cm³/mol. The molecule has 0 aliphatic rings. The summed E-state index contributed by atoms with van der Waals surface area (Å²) in [4.78, 5) is 14.4. The van der Waals surface area contributed by atoms with E-state index in [1.165, 1.54) is 17.1 Å². The summed E-state index contributed by atoms with van der Waals surface area (Å²) in [6.07, 6.45) is 1.40. The monoisotopic (exact) mass is 232 g/mol. The van der Waals surface area contributed by atoms with Crippen LogP contribution in [0.5, 0.6) is 0 Å². The van der Waals surface area contributed by atoms with E-state index in [0.29, 0.717) is 5.76 Å². The van der Waals surface area contributed by atoms with Crippen LogP contribution in [-0.2, 0) is 0 Å². The Morgan fingerprint density at radius 3 is 2.94 bits per heavy atom. The predicted octanol–water partition coefficient (Wildman–Crippen LogP) is 1.05. The highest BCUT2D eigenvalue weighted by atomic mass is 16.4. The minimum absolute atomic E-state index is 0.0573. The fourth-order valence-electron chi connectivity index (χ4n) is 1.34. The van der Waals surface area contributed by atoms with E-state index in [-0.39, 0.29) is 17.6 Å². The number of furan rings is 1. The lowest BCUT2D eigenvalue weighted by Crippen LogP contribution is -2.06. The van der Waals surface area contributed by atoms with Gasteiger partial charge in [0.05, 0.1) is 0 Å². The molecule has 1 N–H and O–H groups in total. The second kappa shape index (κ2) is 4.09. The topological polar surface area (TPSA) is 105 Å². The van der Waals surface area contributed by atoms with Gasteiger partial charge in [0.25, 0.3) is 5.82 Å². The van der Waals surface area contributed by atoms with Gasteiger partial charge < -0.3 is 9.52 Å². The van der Waals surface area contributed by atoms with Gasteiger partial charge in [0.15, 0.2) is 0 Å². The lowest BCUT2D eigenvalue weighted by atomic mass is 10.3. The number of aromatic nitrogens is 3. The maximum atomic E-state index is 10.7. The molecule has 2 aromatic heterocycles. The van der Waals surface area contributed by atoms with Crippen molar-refractivity contribution >= 4 is 5.97 Å². The maximum absolute atomic E-state index is 10.7. The van der Waals surface area contributed by atoms with Crippen LogP contribution >= 0.6 is 0 Å². The first kappa shape index (κ1) is 10.9. The Balaban J connectivity index is 2.27. The Bertz CT molecular complexity index is 593. The molecule has 0 saturated heterocycles. The second-order valence-corrected chi connectivity index (χ2v) is 3.34. The first-order valence-corrected chi connectivity index (χ1v) is 4.76. The van der Waals surface area contributed by atoms with E-state index < -0.39 is 5.97 Å². The number of aromatic carboxylic acids is 1. The van der Waals surface area contributed by atoms with Crippen LogP contribution in [-0.4, -0.2) is 25.8 Å². The SMILES string of the molecule is CC(c1ccc(C(=O)O)o1)n1cnc(C#N)n1. The van der Waals surface area contributed by atoms with Gasteiger partial charge in [-0.15, -0.1) is 5.10 Å². The summed E-state index contributed by atoms with van der Waals surface area (Å²) < 4.78 is 6.57. The van der Waals surface area contributed by atoms with Crippen molar-refractivity contribution in [1.29, 1.82) is 5.26 Å². The molecule has 0 bridgehead atoms. The normalized spacial score (nSPS) is 12.0. The number of rotatable bonds is 3. The highest BCUT2D eigenvalue weighted by molar-refractivity contribution is 5.84. The summed E-state index contributed by atoms with van der Waals surface area (Å²) in [5, 5.41) is 21.2. The number of nitriles is 1. The van der Waals surface area contributed by atoms with Crippen molar-refractivity contribution in [3.63, 3.8) is 0 Å². The quantitative estimate of drug-likeness (QED) is 0.847. The molecule has 0 amide bonds. The summed E-state index contributed by atoms with van der Waals surface area (Å²) in [5.41, 5.74) is 0. The van der Waals surface area contributed by atoms with Crippen LogP contribution in [0.3, 0.4) is 0 Å². The fraction of sp³-hybridized carbons (Fsp3) is 0.200. The molecule has 0 aromatic carbocycles. The Labute approximate surface area is 95.9 Å². The number of carboxylic acids is 1. The average Bonchev–Trinajstić information content (AvgIpc) is 2.97. The van der Waals surface area contributed by atoms with Crippen LogP contribution in [0.4, 0.5) is 0 Å². The van der Waals surface area contributed by atoms with Gasteiger partial charge in [-0.05, 0) is 19.1 Å². The lowest BCUT2D eigenvalue weighted by Gasteiger charge is -2.07. The lowest BCUT2D eigenvalue weighted by molar-refractivity contribution is 0.0659. The summed E-state index contributed by atoms with van der Waals surface area (Å²) in [5.74, 6) is -0.758. The highest BCUT2D eigenvalue weighted by Gasteiger charge is 2.16. The van der Waals surface area contributed by atoms with Crippen LogP contribution < -0.4 is 0 Å². The summed E-state index contributed by atoms with van der Waals surface area (Å²) in [6.45, 7) is 1.76. The largest absolute Gasteiger partial charge is 0.475 e. The van der Waals surface area contributed by atoms with E-state index in [4.69, 9.17) is 14.8 Å². The molecule has 1 unspecified atom stereocenters. The van der Waals surface area contributed by atoms with Crippen LogP contribution in [0, 0.1) is 11.3 Å². The van der Waals surface area contributed by atoms with Crippen molar-refractivity contribution in [2.24, 2.45) is 0 Å².